The molecular weight excluding hydrogens is 275 g/mol. The first-order chi connectivity index (χ1) is 9.53. The highest BCUT2D eigenvalue weighted by Gasteiger charge is 2.36. The standard InChI is InChI=1S/C15H21FN2O3/c1-14(2,15(3,4)21)18-12(19)9-17-13(20)10-6-5-7-11(16)8-10/h5-8,21H,9H2,1-4H3,(H,17,20)(H,18,19). The normalized spacial score (nSPS) is 11.9. The van der Waals surface area contributed by atoms with Gasteiger partial charge in [-0.25, -0.2) is 4.39 Å². The third-order valence-electron chi connectivity index (χ3n) is 3.48. The Hall–Kier alpha value is -1.95. The van der Waals surface area contributed by atoms with E-state index >= 15 is 0 Å². The lowest BCUT2D eigenvalue weighted by atomic mass is 9.86. The van der Waals surface area contributed by atoms with E-state index in [0.29, 0.717) is 0 Å². The molecule has 0 bridgehead atoms. The maximum Gasteiger partial charge on any atom is 0.251 e. The summed E-state index contributed by atoms with van der Waals surface area (Å²) >= 11 is 0. The van der Waals surface area contributed by atoms with Gasteiger partial charge in [0, 0.05) is 5.56 Å². The van der Waals surface area contributed by atoms with Gasteiger partial charge in [0.15, 0.2) is 0 Å². The van der Waals surface area contributed by atoms with E-state index in [4.69, 9.17) is 0 Å². The van der Waals surface area contributed by atoms with E-state index in [2.05, 4.69) is 10.6 Å². The van der Waals surface area contributed by atoms with Crippen molar-refractivity contribution in [1.29, 1.82) is 0 Å². The average Bonchev–Trinajstić information content (AvgIpc) is 2.34. The van der Waals surface area contributed by atoms with Gasteiger partial charge in [0.05, 0.1) is 17.7 Å². The SMILES string of the molecule is CC(C)(O)C(C)(C)NC(=O)CNC(=O)c1cccc(F)c1. The van der Waals surface area contributed by atoms with Crippen LogP contribution in [0.3, 0.4) is 0 Å². The molecule has 2 amide bonds. The predicted molar refractivity (Wildman–Crippen MR) is 77.3 cm³/mol. The van der Waals surface area contributed by atoms with Crippen LogP contribution >= 0.6 is 0 Å². The highest BCUT2D eigenvalue weighted by molar-refractivity contribution is 5.96. The van der Waals surface area contributed by atoms with E-state index in [1.165, 1.54) is 18.2 Å². The van der Waals surface area contributed by atoms with Gasteiger partial charge in [-0.1, -0.05) is 6.07 Å². The molecule has 116 valence electrons. The second kappa shape index (κ2) is 6.22. The predicted octanol–water partition coefficient (Wildman–Crippen LogP) is 1.22. The van der Waals surface area contributed by atoms with Crippen LogP contribution in [0.1, 0.15) is 38.1 Å². The zero-order valence-corrected chi connectivity index (χ0v) is 12.7. The number of rotatable bonds is 5. The van der Waals surface area contributed by atoms with E-state index in [9.17, 15) is 19.1 Å². The minimum absolute atomic E-state index is 0.143. The fourth-order valence-electron chi connectivity index (χ4n) is 1.44. The number of halogens is 1. The number of aliphatic hydroxyl groups is 1. The zero-order chi connectivity index (χ0) is 16.3. The van der Waals surface area contributed by atoms with Crippen molar-refractivity contribution in [3.05, 3.63) is 35.6 Å². The Morgan fingerprint density at radius 1 is 1.24 bits per heavy atom. The Morgan fingerprint density at radius 3 is 2.38 bits per heavy atom. The van der Waals surface area contributed by atoms with Crippen LogP contribution in [0.25, 0.3) is 0 Å². The Bertz CT molecular complexity index is 536. The minimum atomic E-state index is -1.12. The monoisotopic (exact) mass is 296 g/mol. The molecular formula is C15H21FN2O3. The summed E-state index contributed by atoms with van der Waals surface area (Å²) in [6.45, 7) is 6.27. The summed E-state index contributed by atoms with van der Waals surface area (Å²) in [5, 5.41) is 15.0. The van der Waals surface area contributed by atoms with Crippen molar-refractivity contribution in [1.82, 2.24) is 10.6 Å². The molecule has 1 aromatic carbocycles. The van der Waals surface area contributed by atoms with E-state index in [-0.39, 0.29) is 12.1 Å². The largest absolute Gasteiger partial charge is 0.388 e. The summed E-state index contributed by atoms with van der Waals surface area (Å²) in [6.07, 6.45) is 0. The van der Waals surface area contributed by atoms with Crippen molar-refractivity contribution in [3.63, 3.8) is 0 Å². The minimum Gasteiger partial charge on any atom is -0.388 e. The van der Waals surface area contributed by atoms with Gasteiger partial charge in [0.2, 0.25) is 5.91 Å². The summed E-state index contributed by atoms with van der Waals surface area (Å²) in [4.78, 5) is 23.6. The number of amides is 2. The van der Waals surface area contributed by atoms with Gasteiger partial charge >= 0.3 is 0 Å². The van der Waals surface area contributed by atoms with Gasteiger partial charge in [0.1, 0.15) is 5.82 Å². The maximum absolute atomic E-state index is 13.0. The van der Waals surface area contributed by atoms with Gasteiger partial charge < -0.3 is 15.7 Å². The molecule has 21 heavy (non-hydrogen) atoms. The summed E-state index contributed by atoms with van der Waals surface area (Å²) in [5.74, 6) is -1.49. The molecule has 1 aromatic rings. The molecule has 0 heterocycles. The average molecular weight is 296 g/mol. The van der Waals surface area contributed by atoms with Crippen molar-refractivity contribution in [2.75, 3.05) is 6.54 Å². The lowest BCUT2D eigenvalue weighted by Gasteiger charge is -2.38. The third kappa shape index (κ3) is 4.82. The van der Waals surface area contributed by atoms with Gasteiger partial charge in [-0.2, -0.15) is 0 Å². The van der Waals surface area contributed by atoms with Crippen molar-refractivity contribution in [2.45, 2.75) is 38.8 Å². The molecule has 0 aliphatic carbocycles. The van der Waals surface area contributed by atoms with Crippen LogP contribution in [-0.4, -0.2) is 34.6 Å². The molecule has 0 aromatic heterocycles. The molecule has 1 rings (SSSR count). The van der Waals surface area contributed by atoms with E-state index in [1.54, 1.807) is 27.7 Å². The number of hydrogen-bond acceptors (Lipinski definition) is 3. The van der Waals surface area contributed by atoms with Gasteiger partial charge in [-0.05, 0) is 45.9 Å². The van der Waals surface area contributed by atoms with Crippen LogP contribution in [0.15, 0.2) is 24.3 Å². The van der Waals surface area contributed by atoms with Gasteiger partial charge in [0.25, 0.3) is 5.91 Å². The van der Waals surface area contributed by atoms with Crippen LogP contribution in [0.4, 0.5) is 4.39 Å². The molecule has 0 radical (unpaired) electrons. The molecule has 0 aliphatic rings. The smallest absolute Gasteiger partial charge is 0.251 e. The molecule has 0 aliphatic heterocycles. The highest BCUT2D eigenvalue weighted by atomic mass is 19.1. The first kappa shape index (κ1) is 17.1. The number of hydrogen-bond donors (Lipinski definition) is 3. The Labute approximate surface area is 123 Å². The fraction of sp³-hybridized carbons (Fsp3) is 0.467. The maximum atomic E-state index is 13.0. The number of carbonyl (C=O) groups excluding carboxylic acids is 2. The first-order valence-electron chi connectivity index (χ1n) is 6.60. The number of benzene rings is 1. The number of carbonyl (C=O) groups is 2. The molecule has 3 N–H and O–H groups in total. The van der Waals surface area contributed by atoms with E-state index in [1.807, 2.05) is 0 Å². The lowest BCUT2D eigenvalue weighted by Crippen LogP contribution is -2.59. The zero-order valence-electron chi connectivity index (χ0n) is 12.7. The fourth-order valence-corrected chi connectivity index (χ4v) is 1.44. The molecule has 0 fully saturated rings. The molecule has 0 unspecified atom stereocenters. The summed E-state index contributed by atoms with van der Waals surface area (Å²) < 4.78 is 13.0. The van der Waals surface area contributed by atoms with Crippen molar-refractivity contribution in [3.8, 4) is 0 Å². The van der Waals surface area contributed by atoms with Crippen LogP contribution in [0.2, 0.25) is 0 Å². The summed E-state index contributed by atoms with van der Waals surface area (Å²) in [7, 11) is 0. The molecule has 0 saturated carbocycles. The molecule has 0 atom stereocenters. The summed E-state index contributed by atoms with van der Waals surface area (Å²) in [5.41, 5.74) is -1.83. The third-order valence-corrected chi connectivity index (χ3v) is 3.48. The second-order valence-corrected chi connectivity index (χ2v) is 5.93. The quantitative estimate of drug-likeness (QED) is 0.764. The molecule has 5 nitrogen and oxygen atoms in total. The second-order valence-electron chi connectivity index (χ2n) is 5.93. The van der Waals surface area contributed by atoms with Crippen LogP contribution in [-0.2, 0) is 4.79 Å². The van der Waals surface area contributed by atoms with Crippen LogP contribution < -0.4 is 10.6 Å². The first-order valence-corrected chi connectivity index (χ1v) is 6.60. The molecule has 0 spiro atoms. The Morgan fingerprint density at radius 2 is 1.86 bits per heavy atom. The van der Waals surface area contributed by atoms with E-state index in [0.717, 1.165) is 6.07 Å². The van der Waals surface area contributed by atoms with E-state index < -0.39 is 28.8 Å². The van der Waals surface area contributed by atoms with Crippen molar-refractivity contribution in [2.24, 2.45) is 0 Å². The van der Waals surface area contributed by atoms with Crippen molar-refractivity contribution < 1.29 is 19.1 Å². The molecule has 6 heteroatoms. The van der Waals surface area contributed by atoms with Crippen LogP contribution in [0, 0.1) is 5.82 Å². The van der Waals surface area contributed by atoms with Crippen molar-refractivity contribution >= 4 is 11.8 Å². The number of nitrogens with one attached hydrogen (secondary N) is 2. The summed E-state index contributed by atoms with van der Waals surface area (Å²) in [6, 6.07) is 5.20. The Balaban J connectivity index is 2.56. The van der Waals surface area contributed by atoms with Gasteiger partial charge in [-0.15, -0.1) is 0 Å². The Kier molecular flexibility index (Phi) is 5.06. The van der Waals surface area contributed by atoms with Gasteiger partial charge in [-0.3, -0.25) is 9.59 Å². The van der Waals surface area contributed by atoms with Crippen LogP contribution in [0.5, 0.6) is 0 Å². The molecule has 0 saturated heterocycles. The topological polar surface area (TPSA) is 78.4 Å². The highest BCUT2D eigenvalue weighted by Crippen LogP contribution is 2.20. The lowest BCUT2D eigenvalue weighted by molar-refractivity contribution is -0.125.